The van der Waals surface area contributed by atoms with Crippen LogP contribution in [0.1, 0.15) is 74.4 Å². The summed E-state index contributed by atoms with van der Waals surface area (Å²) in [5.74, 6) is 0.460. The summed E-state index contributed by atoms with van der Waals surface area (Å²) in [4.78, 5) is 32.3. The van der Waals surface area contributed by atoms with Crippen molar-refractivity contribution in [3.63, 3.8) is 0 Å². The van der Waals surface area contributed by atoms with Crippen molar-refractivity contribution in [1.82, 2.24) is 9.80 Å². The van der Waals surface area contributed by atoms with Crippen molar-refractivity contribution in [2.24, 2.45) is 5.92 Å². The number of hydrogen-bond acceptors (Lipinski definition) is 4. The molecule has 0 radical (unpaired) electrons. The summed E-state index contributed by atoms with van der Waals surface area (Å²) in [5, 5.41) is 9.65. The van der Waals surface area contributed by atoms with Crippen LogP contribution in [-0.2, 0) is 17.9 Å². The van der Waals surface area contributed by atoms with E-state index < -0.39 is 0 Å². The average molecular weight is 494 g/mol. The van der Waals surface area contributed by atoms with Gasteiger partial charge in [-0.1, -0.05) is 63.4 Å². The number of anilines is 1. The second kappa shape index (κ2) is 14.1. The number of aliphatic hydroxyl groups excluding tert-OH is 1. The third-order valence-electron chi connectivity index (χ3n) is 6.74. The van der Waals surface area contributed by atoms with Gasteiger partial charge in [-0.15, -0.1) is 0 Å². The number of fused-ring (bicyclic) bond motifs is 1. The van der Waals surface area contributed by atoms with Crippen LogP contribution in [0.25, 0.3) is 0 Å². The van der Waals surface area contributed by atoms with Gasteiger partial charge in [0, 0.05) is 50.9 Å². The highest BCUT2D eigenvalue weighted by Gasteiger charge is 2.22. The second-order valence-corrected chi connectivity index (χ2v) is 10.3. The molecule has 0 aromatic heterocycles. The molecular weight excluding hydrogens is 450 g/mol. The smallest absolute Gasteiger partial charge is 0.254 e. The second-order valence-electron chi connectivity index (χ2n) is 10.3. The molecule has 2 aromatic rings. The highest BCUT2D eigenvalue weighted by atomic mass is 16.3. The molecule has 0 saturated heterocycles. The predicted octanol–water partition coefficient (Wildman–Crippen LogP) is 5.10. The van der Waals surface area contributed by atoms with E-state index >= 15 is 0 Å². The van der Waals surface area contributed by atoms with Crippen LogP contribution in [0.2, 0.25) is 0 Å². The predicted molar refractivity (Wildman–Crippen MR) is 146 cm³/mol. The minimum atomic E-state index is -0.105. The molecule has 0 saturated carbocycles. The molecular formula is C30H43N3O3. The van der Waals surface area contributed by atoms with Crippen LogP contribution in [-0.4, -0.2) is 59.5 Å². The summed E-state index contributed by atoms with van der Waals surface area (Å²) in [6, 6.07) is 15.6. The van der Waals surface area contributed by atoms with Gasteiger partial charge in [0.15, 0.2) is 0 Å². The monoisotopic (exact) mass is 493 g/mol. The summed E-state index contributed by atoms with van der Waals surface area (Å²) < 4.78 is 0. The molecule has 36 heavy (non-hydrogen) atoms. The van der Waals surface area contributed by atoms with E-state index in [1.165, 1.54) is 19.3 Å². The summed E-state index contributed by atoms with van der Waals surface area (Å²) >= 11 is 0. The summed E-state index contributed by atoms with van der Waals surface area (Å²) in [6.07, 6.45) is 5.67. The van der Waals surface area contributed by atoms with Crippen molar-refractivity contribution in [3.05, 3.63) is 65.2 Å². The number of rotatable bonds is 7. The first kappa shape index (κ1) is 27.9. The summed E-state index contributed by atoms with van der Waals surface area (Å²) in [7, 11) is 0. The van der Waals surface area contributed by atoms with Crippen molar-refractivity contribution in [3.8, 4) is 0 Å². The van der Waals surface area contributed by atoms with Gasteiger partial charge >= 0.3 is 0 Å². The van der Waals surface area contributed by atoms with Crippen LogP contribution in [0.5, 0.6) is 0 Å². The van der Waals surface area contributed by atoms with Crippen LogP contribution >= 0.6 is 0 Å². The normalized spacial score (nSPS) is 15.6. The Bertz CT molecular complexity index is 977. The standard InChI is InChI=1S/C30H43N3O3/c1-24(2)21-31-16-10-5-4-6-11-17-33(25(3)35)29-15-14-27(20-28(29)23-31)30(36)32(18-19-34)22-26-12-8-7-9-13-26/h7-9,12-15,20,24,34H,4-6,10-11,16-19,21-23H2,1-3H3. The molecule has 2 aromatic carbocycles. The molecule has 1 aliphatic heterocycles. The van der Waals surface area contributed by atoms with Crippen molar-refractivity contribution in [2.45, 2.75) is 66.0 Å². The lowest BCUT2D eigenvalue weighted by atomic mass is 10.0. The van der Waals surface area contributed by atoms with Gasteiger partial charge < -0.3 is 14.9 Å². The number of nitrogens with zero attached hydrogens (tertiary/aromatic N) is 3. The van der Waals surface area contributed by atoms with Gasteiger partial charge in [0.2, 0.25) is 5.91 Å². The molecule has 0 bridgehead atoms. The van der Waals surface area contributed by atoms with Crippen molar-refractivity contribution >= 4 is 17.5 Å². The fourth-order valence-corrected chi connectivity index (χ4v) is 5.04. The number of carbonyl (C=O) groups excluding carboxylic acids is 2. The van der Waals surface area contributed by atoms with E-state index in [9.17, 15) is 14.7 Å². The van der Waals surface area contributed by atoms with E-state index in [0.29, 0.717) is 31.1 Å². The van der Waals surface area contributed by atoms with Crippen LogP contribution < -0.4 is 4.90 Å². The van der Waals surface area contributed by atoms with Crippen molar-refractivity contribution in [2.75, 3.05) is 37.7 Å². The number of carbonyl (C=O) groups is 2. The first-order valence-electron chi connectivity index (χ1n) is 13.5. The van der Waals surface area contributed by atoms with Crippen LogP contribution in [0.4, 0.5) is 5.69 Å². The quantitative estimate of drug-likeness (QED) is 0.583. The van der Waals surface area contributed by atoms with E-state index in [1.807, 2.05) is 53.4 Å². The third-order valence-corrected chi connectivity index (χ3v) is 6.74. The van der Waals surface area contributed by atoms with Crippen LogP contribution in [0.15, 0.2) is 48.5 Å². The van der Waals surface area contributed by atoms with Gasteiger partial charge in [0.1, 0.15) is 0 Å². The van der Waals surface area contributed by atoms with Crippen LogP contribution in [0, 0.1) is 5.92 Å². The maximum atomic E-state index is 13.6. The lowest BCUT2D eigenvalue weighted by Gasteiger charge is -2.30. The summed E-state index contributed by atoms with van der Waals surface area (Å²) in [6.45, 7) is 10.1. The average Bonchev–Trinajstić information content (AvgIpc) is 2.84. The van der Waals surface area contributed by atoms with Gasteiger partial charge in [-0.25, -0.2) is 0 Å². The zero-order valence-corrected chi connectivity index (χ0v) is 22.3. The Morgan fingerprint density at radius 1 is 0.972 bits per heavy atom. The number of benzene rings is 2. The highest BCUT2D eigenvalue weighted by Crippen LogP contribution is 2.27. The molecule has 3 rings (SSSR count). The minimum absolute atomic E-state index is 0.0359. The molecule has 1 aliphatic rings. The Balaban J connectivity index is 1.97. The molecule has 2 amide bonds. The highest BCUT2D eigenvalue weighted by molar-refractivity contribution is 5.97. The lowest BCUT2D eigenvalue weighted by Crippen LogP contribution is -2.35. The zero-order valence-electron chi connectivity index (χ0n) is 22.3. The minimum Gasteiger partial charge on any atom is -0.395 e. The van der Waals surface area contributed by atoms with Gasteiger partial charge in [-0.05, 0) is 54.6 Å². The summed E-state index contributed by atoms with van der Waals surface area (Å²) in [5.41, 5.74) is 3.54. The molecule has 1 heterocycles. The Morgan fingerprint density at radius 3 is 2.33 bits per heavy atom. The first-order valence-corrected chi connectivity index (χ1v) is 13.5. The number of hydrogen-bond donors (Lipinski definition) is 1. The molecule has 196 valence electrons. The largest absolute Gasteiger partial charge is 0.395 e. The van der Waals surface area contributed by atoms with Crippen molar-refractivity contribution in [1.29, 1.82) is 0 Å². The van der Waals surface area contributed by atoms with Gasteiger partial charge in [-0.2, -0.15) is 0 Å². The van der Waals surface area contributed by atoms with Crippen LogP contribution in [0.3, 0.4) is 0 Å². The van der Waals surface area contributed by atoms with E-state index in [4.69, 9.17) is 0 Å². The topological polar surface area (TPSA) is 64.1 Å². The molecule has 0 aliphatic carbocycles. The Morgan fingerprint density at radius 2 is 1.67 bits per heavy atom. The number of aliphatic hydroxyl groups is 1. The van der Waals surface area contributed by atoms with E-state index in [2.05, 4.69) is 18.7 Å². The van der Waals surface area contributed by atoms with E-state index in [1.54, 1.807) is 11.8 Å². The van der Waals surface area contributed by atoms with Gasteiger partial charge in [0.25, 0.3) is 5.91 Å². The Hall–Kier alpha value is -2.70. The van der Waals surface area contributed by atoms with Gasteiger partial charge in [-0.3, -0.25) is 14.5 Å². The first-order chi connectivity index (χ1) is 17.4. The van der Waals surface area contributed by atoms with Gasteiger partial charge in [0.05, 0.1) is 6.61 Å². The number of amides is 2. The molecule has 0 unspecified atom stereocenters. The maximum absolute atomic E-state index is 13.6. The Kier molecular flexibility index (Phi) is 11.0. The SMILES string of the molecule is CC(=O)N1CCCCCCCN(CC(C)C)Cc2cc(C(=O)N(CCO)Cc3ccccc3)ccc21. The van der Waals surface area contributed by atoms with E-state index in [-0.39, 0.29) is 25.0 Å². The maximum Gasteiger partial charge on any atom is 0.254 e. The van der Waals surface area contributed by atoms with E-state index in [0.717, 1.165) is 42.7 Å². The molecule has 6 nitrogen and oxygen atoms in total. The molecule has 0 atom stereocenters. The molecule has 0 spiro atoms. The zero-order chi connectivity index (χ0) is 25.9. The fraction of sp³-hybridized carbons (Fsp3) is 0.533. The Labute approximate surface area is 216 Å². The fourth-order valence-electron chi connectivity index (χ4n) is 5.04. The molecule has 1 N–H and O–H groups in total. The molecule has 6 heteroatoms. The third kappa shape index (κ3) is 8.17. The molecule has 0 fully saturated rings. The lowest BCUT2D eigenvalue weighted by molar-refractivity contribution is -0.116. The van der Waals surface area contributed by atoms with Crippen molar-refractivity contribution < 1.29 is 14.7 Å².